The van der Waals surface area contributed by atoms with Crippen LogP contribution in [0.3, 0.4) is 0 Å². The molecule has 17 heavy (non-hydrogen) atoms. The van der Waals surface area contributed by atoms with E-state index in [9.17, 15) is 0 Å². The maximum Gasteiger partial charge on any atom is 0.0717 e. The summed E-state index contributed by atoms with van der Waals surface area (Å²) in [4.78, 5) is 0. The Balaban J connectivity index is 2.19. The molecule has 0 aliphatic carbocycles. The zero-order valence-electron chi connectivity index (χ0n) is 10.4. The quantitative estimate of drug-likeness (QED) is 0.733. The van der Waals surface area contributed by atoms with E-state index in [1.807, 2.05) is 32.0 Å². The fraction of sp³-hybridized carbons (Fsp3) is 0.500. The topological polar surface area (TPSA) is 33.0 Å². The molecule has 0 saturated carbocycles. The Morgan fingerprint density at radius 2 is 2.18 bits per heavy atom. The van der Waals surface area contributed by atoms with E-state index < -0.39 is 0 Å². The van der Waals surface area contributed by atoms with E-state index in [0.29, 0.717) is 13.2 Å². The molecule has 0 aliphatic heterocycles. The van der Waals surface area contributed by atoms with Gasteiger partial charge >= 0.3 is 0 Å². The van der Waals surface area contributed by atoms with Crippen LogP contribution in [0.5, 0.6) is 0 Å². The van der Waals surface area contributed by atoms with Crippen LogP contribution in [-0.2, 0) is 11.3 Å². The first-order valence-corrected chi connectivity index (χ1v) is 6.56. The zero-order chi connectivity index (χ0) is 12.7. The molecule has 0 atom stereocenters. The molecule has 0 aliphatic rings. The first-order chi connectivity index (χ1) is 8.03. The molecule has 3 heteroatoms. The predicted molar refractivity (Wildman–Crippen MR) is 72.4 cm³/mol. The zero-order valence-corrected chi connectivity index (χ0v) is 12.0. The van der Waals surface area contributed by atoms with Crippen LogP contribution in [0.2, 0.25) is 0 Å². The Kier molecular flexibility index (Phi) is 5.67. The third-order valence-electron chi connectivity index (χ3n) is 2.55. The largest absolute Gasteiger partial charge is 0.377 e. The van der Waals surface area contributed by atoms with E-state index in [4.69, 9.17) is 10.00 Å². The van der Waals surface area contributed by atoms with Crippen molar-refractivity contribution in [2.75, 3.05) is 6.61 Å². The first-order valence-electron chi connectivity index (χ1n) is 5.77. The summed E-state index contributed by atoms with van der Waals surface area (Å²) in [6.45, 7) is 5.26. The van der Waals surface area contributed by atoms with Gasteiger partial charge in [0.2, 0.25) is 0 Å². The highest BCUT2D eigenvalue weighted by atomic mass is 79.9. The second kappa shape index (κ2) is 6.78. The van der Waals surface area contributed by atoms with Gasteiger partial charge in [0.05, 0.1) is 18.1 Å². The number of hydrogen-bond donors (Lipinski definition) is 0. The van der Waals surface area contributed by atoms with Gasteiger partial charge in [-0.25, -0.2) is 0 Å². The molecule has 0 bridgehead atoms. The molecule has 0 unspecified atom stereocenters. The van der Waals surface area contributed by atoms with Crippen molar-refractivity contribution in [3.8, 4) is 6.07 Å². The van der Waals surface area contributed by atoms with E-state index in [2.05, 4.69) is 28.1 Å². The molecule has 0 N–H and O–H groups in total. The second-order valence-electron chi connectivity index (χ2n) is 4.78. The van der Waals surface area contributed by atoms with Crippen LogP contribution in [0.1, 0.15) is 32.3 Å². The van der Waals surface area contributed by atoms with Crippen LogP contribution in [-0.4, -0.2) is 6.61 Å². The second-order valence-corrected chi connectivity index (χ2v) is 5.70. The molecule has 1 aromatic rings. The van der Waals surface area contributed by atoms with Crippen LogP contribution in [0.15, 0.2) is 28.7 Å². The molecular formula is C14H18BrNO. The first kappa shape index (κ1) is 14.2. The average Bonchev–Trinajstić information content (AvgIpc) is 2.29. The molecule has 0 saturated heterocycles. The number of nitrogens with zero attached hydrogens (tertiary/aromatic N) is 1. The number of halogens is 1. The van der Waals surface area contributed by atoms with E-state index >= 15 is 0 Å². The fourth-order valence-electron chi connectivity index (χ4n) is 1.49. The third kappa shape index (κ3) is 5.86. The summed E-state index contributed by atoms with van der Waals surface area (Å²) in [5.41, 5.74) is 0.929. The summed E-state index contributed by atoms with van der Waals surface area (Å²) in [5, 5.41) is 8.86. The lowest BCUT2D eigenvalue weighted by atomic mass is 9.90. The Morgan fingerprint density at radius 1 is 1.41 bits per heavy atom. The maximum atomic E-state index is 8.86. The predicted octanol–water partition coefficient (Wildman–Crippen LogP) is 4.30. The van der Waals surface area contributed by atoms with Gasteiger partial charge in [0, 0.05) is 11.1 Å². The average molecular weight is 296 g/mol. The third-order valence-corrected chi connectivity index (χ3v) is 3.04. The van der Waals surface area contributed by atoms with E-state index in [0.717, 1.165) is 17.3 Å². The molecule has 0 fully saturated rings. The fourth-order valence-corrected chi connectivity index (χ4v) is 1.94. The molecule has 0 amide bonds. The van der Waals surface area contributed by atoms with Gasteiger partial charge < -0.3 is 4.74 Å². The van der Waals surface area contributed by atoms with Gasteiger partial charge in [-0.1, -0.05) is 28.1 Å². The number of rotatable bonds is 6. The van der Waals surface area contributed by atoms with Crippen molar-refractivity contribution in [2.45, 2.75) is 33.3 Å². The SMILES string of the molecule is CC(C)(C#N)CCCOCc1cccc(Br)c1. The van der Waals surface area contributed by atoms with Crippen molar-refractivity contribution < 1.29 is 4.74 Å². The van der Waals surface area contributed by atoms with E-state index in [1.165, 1.54) is 5.56 Å². The minimum atomic E-state index is -0.237. The van der Waals surface area contributed by atoms with Gasteiger partial charge in [0.1, 0.15) is 0 Å². The molecule has 1 aromatic carbocycles. The van der Waals surface area contributed by atoms with Gasteiger partial charge in [-0.05, 0) is 44.4 Å². The van der Waals surface area contributed by atoms with Gasteiger partial charge in [-0.2, -0.15) is 5.26 Å². The van der Waals surface area contributed by atoms with Crippen molar-refractivity contribution in [3.05, 3.63) is 34.3 Å². The number of nitriles is 1. The van der Waals surface area contributed by atoms with Crippen molar-refractivity contribution in [1.82, 2.24) is 0 Å². The minimum Gasteiger partial charge on any atom is -0.377 e. The summed E-state index contributed by atoms with van der Waals surface area (Å²) in [7, 11) is 0. The molecule has 0 heterocycles. The molecule has 92 valence electrons. The smallest absolute Gasteiger partial charge is 0.0717 e. The van der Waals surface area contributed by atoms with Gasteiger partial charge in [0.15, 0.2) is 0 Å². The van der Waals surface area contributed by atoms with Crippen molar-refractivity contribution in [2.24, 2.45) is 5.41 Å². The lowest BCUT2D eigenvalue weighted by molar-refractivity contribution is 0.112. The van der Waals surface area contributed by atoms with Gasteiger partial charge in [0.25, 0.3) is 0 Å². The summed E-state index contributed by atoms with van der Waals surface area (Å²) >= 11 is 3.43. The lowest BCUT2D eigenvalue weighted by Gasteiger charge is -2.14. The van der Waals surface area contributed by atoms with Crippen molar-refractivity contribution >= 4 is 15.9 Å². The maximum absolute atomic E-state index is 8.86. The summed E-state index contributed by atoms with van der Waals surface area (Å²) in [6.07, 6.45) is 1.80. The Hall–Kier alpha value is -0.850. The molecule has 1 rings (SSSR count). The summed E-state index contributed by atoms with van der Waals surface area (Å²) < 4.78 is 6.66. The van der Waals surface area contributed by atoms with E-state index in [1.54, 1.807) is 0 Å². The van der Waals surface area contributed by atoms with Crippen LogP contribution in [0.4, 0.5) is 0 Å². The monoisotopic (exact) mass is 295 g/mol. The van der Waals surface area contributed by atoms with Crippen LogP contribution in [0, 0.1) is 16.7 Å². The Morgan fingerprint density at radius 3 is 2.82 bits per heavy atom. The van der Waals surface area contributed by atoms with Crippen molar-refractivity contribution in [1.29, 1.82) is 5.26 Å². The lowest BCUT2D eigenvalue weighted by Crippen LogP contribution is -2.09. The number of benzene rings is 1. The van der Waals surface area contributed by atoms with E-state index in [-0.39, 0.29) is 5.41 Å². The van der Waals surface area contributed by atoms with Gasteiger partial charge in [-0.15, -0.1) is 0 Å². The highest BCUT2D eigenvalue weighted by molar-refractivity contribution is 9.10. The number of ether oxygens (including phenoxy) is 1. The summed E-state index contributed by atoms with van der Waals surface area (Å²) in [5.74, 6) is 0. The van der Waals surface area contributed by atoms with Crippen LogP contribution in [0.25, 0.3) is 0 Å². The number of hydrogen-bond acceptors (Lipinski definition) is 2. The van der Waals surface area contributed by atoms with Gasteiger partial charge in [-0.3, -0.25) is 0 Å². The standard InChI is InChI=1S/C14H18BrNO/c1-14(2,11-16)7-4-8-17-10-12-5-3-6-13(15)9-12/h3,5-6,9H,4,7-8,10H2,1-2H3. The molecule has 0 aromatic heterocycles. The highest BCUT2D eigenvalue weighted by Crippen LogP contribution is 2.20. The molecule has 0 spiro atoms. The van der Waals surface area contributed by atoms with Crippen LogP contribution >= 0.6 is 15.9 Å². The minimum absolute atomic E-state index is 0.237. The highest BCUT2D eigenvalue weighted by Gasteiger charge is 2.15. The Bertz CT molecular complexity index is 395. The van der Waals surface area contributed by atoms with Crippen LogP contribution < -0.4 is 0 Å². The Labute approximate surface area is 112 Å². The molecule has 2 nitrogen and oxygen atoms in total. The summed E-state index contributed by atoms with van der Waals surface area (Å²) in [6, 6.07) is 10.4. The normalized spacial score (nSPS) is 11.2. The van der Waals surface area contributed by atoms with Crippen molar-refractivity contribution in [3.63, 3.8) is 0 Å². The molecular weight excluding hydrogens is 278 g/mol. The molecule has 0 radical (unpaired) electrons.